The van der Waals surface area contributed by atoms with Crippen LogP contribution in [0.4, 0.5) is 5.95 Å². The van der Waals surface area contributed by atoms with Crippen LogP contribution in [0, 0.1) is 5.92 Å². The molecule has 0 radical (unpaired) electrons. The van der Waals surface area contributed by atoms with Gasteiger partial charge in [-0.2, -0.15) is 10.1 Å². The van der Waals surface area contributed by atoms with Gasteiger partial charge in [0.15, 0.2) is 0 Å². The van der Waals surface area contributed by atoms with Gasteiger partial charge in [0.2, 0.25) is 11.9 Å². The van der Waals surface area contributed by atoms with Crippen LogP contribution in [0.3, 0.4) is 0 Å². The fourth-order valence-corrected chi connectivity index (χ4v) is 4.19. The maximum Gasteiger partial charge on any atom is 0.233 e. The van der Waals surface area contributed by atoms with Crippen molar-refractivity contribution in [2.45, 2.75) is 31.3 Å². The zero-order chi connectivity index (χ0) is 20.7. The monoisotopic (exact) mass is 404 g/mol. The Morgan fingerprint density at radius 1 is 0.900 bits per heavy atom. The van der Waals surface area contributed by atoms with E-state index in [1.807, 2.05) is 46.0 Å². The van der Waals surface area contributed by atoms with Gasteiger partial charge >= 0.3 is 0 Å². The third-order valence-electron chi connectivity index (χ3n) is 5.99. The van der Waals surface area contributed by atoms with Gasteiger partial charge in [0, 0.05) is 5.92 Å². The Bertz CT molecular complexity index is 1040. The molecule has 2 aromatic carbocycles. The zero-order valence-electron chi connectivity index (χ0n) is 17.1. The van der Waals surface area contributed by atoms with E-state index in [2.05, 4.69) is 22.2 Å². The minimum atomic E-state index is -0.118. The SMILES string of the molecule is COc1ccc([C@H]2C[C@H](c3ccc(OC)cc3)n3ncnc3N2C(=O)C2CC2)cc1. The summed E-state index contributed by atoms with van der Waals surface area (Å²) in [6, 6.07) is 15.8. The Labute approximate surface area is 175 Å². The molecule has 0 spiro atoms. The standard InChI is InChI=1S/C23H24N4O3/c1-29-18-9-5-15(6-10-18)20-13-21(16-7-11-19(30-2)12-8-16)27-23(24-14-25-27)26(20)22(28)17-3-4-17/h5-12,14,17,20-21H,3-4,13H2,1-2H3/t20-,21-/m1/s1. The molecule has 0 unspecified atom stereocenters. The van der Waals surface area contributed by atoms with Crippen molar-refractivity contribution in [2.75, 3.05) is 19.1 Å². The number of fused-ring (bicyclic) bond motifs is 1. The lowest BCUT2D eigenvalue weighted by Crippen LogP contribution is -2.43. The molecule has 1 fully saturated rings. The molecule has 154 valence electrons. The smallest absolute Gasteiger partial charge is 0.233 e. The fourth-order valence-electron chi connectivity index (χ4n) is 4.19. The van der Waals surface area contributed by atoms with Crippen LogP contribution in [0.1, 0.15) is 42.5 Å². The Morgan fingerprint density at radius 3 is 2.00 bits per heavy atom. The lowest BCUT2D eigenvalue weighted by atomic mass is 9.91. The molecule has 1 aliphatic heterocycles. The minimum Gasteiger partial charge on any atom is -0.497 e. The number of hydrogen-bond acceptors (Lipinski definition) is 5. The Morgan fingerprint density at radius 2 is 1.47 bits per heavy atom. The molecule has 30 heavy (non-hydrogen) atoms. The summed E-state index contributed by atoms with van der Waals surface area (Å²) in [5, 5.41) is 4.49. The van der Waals surface area contributed by atoms with Crippen molar-refractivity contribution in [3.8, 4) is 11.5 Å². The number of amides is 1. The van der Waals surface area contributed by atoms with E-state index < -0.39 is 0 Å². The van der Waals surface area contributed by atoms with Gasteiger partial charge in [-0.15, -0.1) is 0 Å². The highest BCUT2D eigenvalue weighted by atomic mass is 16.5. The number of aromatic nitrogens is 3. The van der Waals surface area contributed by atoms with Crippen LogP contribution in [0.2, 0.25) is 0 Å². The van der Waals surface area contributed by atoms with Gasteiger partial charge in [-0.25, -0.2) is 4.68 Å². The van der Waals surface area contributed by atoms with Gasteiger partial charge < -0.3 is 9.47 Å². The molecule has 5 rings (SSSR count). The summed E-state index contributed by atoms with van der Waals surface area (Å²) in [4.78, 5) is 19.6. The quantitative estimate of drug-likeness (QED) is 0.647. The van der Waals surface area contributed by atoms with Gasteiger partial charge in [0.25, 0.3) is 0 Å². The Kier molecular flexibility index (Phi) is 4.65. The number of rotatable bonds is 5. The minimum absolute atomic E-state index is 0.0243. The highest BCUT2D eigenvalue weighted by Crippen LogP contribution is 2.45. The number of ether oxygens (including phenoxy) is 2. The van der Waals surface area contributed by atoms with Crippen molar-refractivity contribution in [2.24, 2.45) is 5.92 Å². The number of methoxy groups -OCH3 is 2. The van der Waals surface area contributed by atoms with Crippen LogP contribution >= 0.6 is 0 Å². The molecule has 7 heteroatoms. The lowest BCUT2D eigenvalue weighted by Gasteiger charge is -2.39. The van der Waals surface area contributed by atoms with Crippen molar-refractivity contribution in [1.29, 1.82) is 0 Å². The topological polar surface area (TPSA) is 69.5 Å². The first kappa shape index (κ1) is 18.7. The number of anilines is 1. The number of hydrogen-bond donors (Lipinski definition) is 0. The second kappa shape index (κ2) is 7.48. The summed E-state index contributed by atoms with van der Waals surface area (Å²) in [6.07, 6.45) is 4.14. The molecule has 0 bridgehead atoms. The van der Waals surface area contributed by atoms with E-state index in [0.717, 1.165) is 35.5 Å². The molecule has 2 atom stereocenters. The highest BCUT2D eigenvalue weighted by Gasteiger charge is 2.44. The van der Waals surface area contributed by atoms with Gasteiger partial charge in [-0.05, 0) is 54.7 Å². The molecular formula is C23H24N4O3. The van der Waals surface area contributed by atoms with Crippen LogP contribution in [0.15, 0.2) is 54.9 Å². The zero-order valence-corrected chi connectivity index (χ0v) is 17.1. The number of carbonyl (C=O) groups is 1. The van der Waals surface area contributed by atoms with Crippen LogP contribution in [-0.2, 0) is 4.79 Å². The first-order valence-electron chi connectivity index (χ1n) is 10.2. The Balaban J connectivity index is 1.58. The molecule has 0 N–H and O–H groups in total. The molecule has 1 aromatic heterocycles. The van der Waals surface area contributed by atoms with E-state index in [-0.39, 0.29) is 23.9 Å². The number of benzene rings is 2. The van der Waals surface area contributed by atoms with Crippen molar-refractivity contribution in [3.63, 3.8) is 0 Å². The van der Waals surface area contributed by atoms with Crippen molar-refractivity contribution < 1.29 is 14.3 Å². The first-order chi connectivity index (χ1) is 14.7. The summed E-state index contributed by atoms with van der Waals surface area (Å²) < 4.78 is 12.5. The molecule has 2 heterocycles. The van der Waals surface area contributed by atoms with Gasteiger partial charge in [0.1, 0.15) is 17.8 Å². The van der Waals surface area contributed by atoms with E-state index in [4.69, 9.17) is 9.47 Å². The van der Waals surface area contributed by atoms with Crippen LogP contribution in [-0.4, -0.2) is 34.9 Å². The molecule has 7 nitrogen and oxygen atoms in total. The van der Waals surface area contributed by atoms with Crippen LogP contribution in [0.5, 0.6) is 11.5 Å². The Hall–Kier alpha value is -3.35. The lowest BCUT2D eigenvalue weighted by molar-refractivity contribution is -0.120. The van der Waals surface area contributed by atoms with E-state index in [9.17, 15) is 4.79 Å². The van der Waals surface area contributed by atoms with Gasteiger partial charge in [0.05, 0.1) is 26.3 Å². The average molecular weight is 404 g/mol. The normalized spacial score (nSPS) is 20.5. The van der Waals surface area contributed by atoms with Crippen molar-refractivity contribution in [1.82, 2.24) is 14.8 Å². The van der Waals surface area contributed by atoms with Gasteiger partial charge in [-0.1, -0.05) is 24.3 Å². The third-order valence-corrected chi connectivity index (χ3v) is 5.99. The fraction of sp³-hybridized carbons (Fsp3) is 0.348. The molecule has 2 aliphatic rings. The summed E-state index contributed by atoms with van der Waals surface area (Å²) in [6.45, 7) is 0. The first-order valence-corrected chi connectivity index (χ1v) is 10.2. The largest absolute Gasteiger partial charge is 0.497 e. The maximum absolute atomic E-state index is 13.3. The summed E-state index contributed by atoms with van der Waals surface area (Å²) in [7, 11) is 3.31. The predicted molar refractivity (Wildman–Crippen MR) is 112 cm³/mol. The van der Waals surface area contributed by atoms with E-state index in [0.29, 0.717) is 12.4 Å². The van der Waals surface area contributed by atoms with Crippen molar-refractivity contribution >= 4 is 11.9 Å². The molecular weight excluding hydrogens is 380 g/mol. The van der Waals surface area contributed by atoms with Gasteiger partial charge in [-0.3, -0.25) is 9.69 Å². The third kappa shape index (κ3) is 3.20. The number of nitrogens with zero attached hydrogens (tertiary/aromatic N) is 4. The summed E-state index contributed by atoms with van der Waals surface area (Å²) in [5.74, 6) is 2.45. The number of carbonyl (C=O) groups excluding carboxylic acids is 1. The van der Waals surface area contributed by atoms with Crippen LogP contribution < -0.4 is 14.4 Å². The summed E-state index contributed by atoms with van der Waals surface area (Å²) >= 11 is 0. The average Bonchev–Trinajstić information content (AvgIpc) is 3.54. The molecule has 0 saturated heterocycles. The second-order valence-corrected chi connectivity index (χ2v) is 7.80. The van der Waals surface area contributed by atoms with Crippen molar-refractivity contribution in [3.05, 3.63) is 66.0 Å². The molecule has 1 saturated carbocycles. The van der Waals surface area contributed by atoms with E-state index in [1.165, 1.54) is 6.33 Å². The molecule has 1 amide bonds. The second-order valence-electron chi connectivity index (χ2n) is 7.80. The predicted octanol–water partition coefficient (Wildman–Crippen LogP) is 3.77. The maximum atomic E-state index is 13.3. The highest BCUT2D eigenvalue weighted by molar-refractivity contribution is 5.96. The van der Waals surface area contributed by atoms with E-state index in [1.54, 1.807) is 14.2 Å². The summed E-state index contributed by atoms with van der Waals surface area (Å²) in [5.41, 5.74) is 2.18. The van der Waals surface area contributed by atoms with Crippen LogP contribution in [0.25, 0.3) is 0 Å². The molecule has 3 aromatic rings. The van der Waals surface area contributed by atoms with E-state index >= 15 is 0 Å². The molecule has 1 aliphatic carbocycles.